The van der Waals surface area contributed by atoms with Crippen LogP contribution in [0.3, 0.4) is 0 Å². The first-order valence-electron chi connectivity index (χ1n) is 6.36. The molecule has 0 spiro atoms. The van der Waals surface area contributed by atoms with E-state index in [2.05, 4.69) is 16.9 Å². The molecule has 0 saturated heterocycles. The van der Waals surface area contributed by atoms with Crippen molar-refractivity contribution in [3.63, 3.8) is 0 Å². The zero-order chi connectivity index (χ0) is 12.6. The lowest BCUT2D eigenvalue weighted by Crippen LogP contribution is -2.36. The second kappa shape index (κ2) is 4.52. The largest absolute Gasteiger partial charge is 0.215 e. The Morgan fingerprint density at radius 3 is 2.50 bits per heavy atom. The highest BCUT2D eigenvalue weighted by Crippen LogP contribution is 2.42. The Morgan fingerprint density at radius 2 is 1.89 bits per heavy atom. The molecule has 0 unspecified atom stereocenters. The molecule has 1 N–H and O–H groups in total. The van der Waals surface area contributed by atoms with Crippen LogP contribution in [0.1, 0.15) is 18.4 Å². The lowest BCUT2D eigenvalue weighted by atomic mass is 10.1. The Morgan fingerprint density at radius 1 is 1.11 bits per heavy atom. The number of fused-ring (bicyclic) bond motifs is 2. The molecule has 3 atom stereocenters. The fourth-order valence-corrected chi connectivity index (χ4v) is 4.72. The minimum atomic E-state index is -3.19. The lowest BCUT2D eigenvalue weighted by molar-refractivity contribution is 0.546. The van der Waals surface area contributed by atoms with Crippen molar-refractivity contribution in [2.24, 2.45) is 11.8 Å². The predicted octanol–water partition coefficient (Wildman–Crippen LogP) is 2.07. The summed E-state index contributed by atoms with van der Waals surface area (Å²) in [7, 11) is -3.19. The molecule has 1 aromatic carbocycles. The summed E-state index contributed by atoms with van der Waals surface area (Å²) in [4.78, 5) is 0. The summed E-state index contributed by atoms with van der Waals surface area (Å²) in [6.45, 7) is 0.390. The van der Waals surface area contributed by atoms with Crippen LogP contribution in [-0.4, -0.2) is 13.7 Å². The van der Waals surface area contributed by atoms with E-state index in [4.69, 9.17) is 0 Å². The van der Waals surface area contributed by atoms with Gasteiger partial charge < -0.3 is 0 Å². The van der Waals surface area contributed by atoms with E-state index in [1.807, 2.05) is 30.3 Å². The SMILES string of the molecule is O=S(=O)(NCc1ccccc1)[C@@H]1C[C@H]2C=C[C@H]1C2. The van der Waals surface area contributed by atoms with E-state index in [1.54, 1.807) is 0 Å². The molecule has 0 heterocycles. The smallest absolute Gasteiger partial charge is 0.212 e. The van der Waals surface area contributed by atoms with Gasteiger partial charge in [0.25, 0.3) is 0 Å². The topological polar surface area (TPSA) is 46.2 Å². The molecule has 2 aliphatic rings. The molecule has 3 nitrogen and oxygen atoms in total. The molecule has 3 rings (SSSR count). The summed E-state index contributed by atoms with van der Waals surface area (Å²) >= 11 is 0. The molecule has 0 aromatic heterocycles. The third-order valence-corrected chi connectivity index (χ3v) is 5.82. The maximum absolute atomic E-state index is 12.3. The van der Waals surface area contributed by atoms with Crippen molar-refractivity contribution in [3.05, 3.63) is 48.0 Å². The molecule has 2 bridgehead atoms. The maximum Gasteiger partial charge on any atom is 0.215 e. The standard InChI is InChI=1S/C14H17NO2S/c16-18(17,14-9-12-6-7-13(14)8-12)15-10-11-4-2-1-3-5-11/h1-7,12-15H,8-10H2/t12-,13-,14+/m0/s1. The number of hydrogen-bond acceptors (Lipinski definition) is 2. The van der Waals surface area contributed by atoms with E-state index in [1.165, 1.54) is 0 Å². The van der Waals surface area contributed by atoms with Gasteiger partial charge in [-0.3, -0.25) is 0 Å². The molecule has 2 aliphatic carbocycles. The van der Waals surface area contributed by atoms with Crippen LogP contribution in [0.5, 0.6) is 0 Å². The van der Waals surface area contributed by atoms with Crippen molar-refractivity contribution < 1.29 is 8.42 Å². The first kappa shape index (κ1) is 11.9. The zero-order valence-corrected chi connectivity index (χ0v) is 10.9. The third-order valence-electron chi connectivity index (χ3n) is 3.94. The average molecular weight is 263 g/mol. The van der Waals surface area contributed by atoms with Gasteiger partial charge in [0.1, 0.15) is 0 Å². The first-order chi connectivity index (χ1) is 8.65. The van der Waals surface area contributed by atoms with Crippen LogP contribution >= 0.6 is 0 Å². The summed E-state index contributed by atoms with van der Waals surface area (Å²) in [5.74, 6) is 0.705. The van der Waals surface area contributed by atoms with E-state index < -0.39 is 10.0 Å². The summed E-state index contributed by atoms with van der Waals surface area (Å²) in [5, 5.41) is -0.226. The van der Waals surface area contributed by atoms with E-state index in [-0.39, 0.29) is 11.2 Å². The summed E-state index contributed by atoms with van der Waals surface area (Å²) in [6.07, 6.45) is 6.02. The van der Waals surface area contributed by atoms with Crippen molar-refractivity contribution in [1.82, 2.24) is 4.72 Å². The number of hydrogen-bond donors (Lipinski definition) is 1. The van der Waals surface area contributed by atoms with Crippen molar-refractivity contribution in [2.75, 3.05) is 0 Å². The second-order valence-electron chi connectivity index (χ2n) is 5.17. The molecule has 1 aromatic rings. The highest BCUT2D eigenvalue weighted by atomic mass is 32.2. The van der Waals surface area contributed by atoms with Crippen molar-refractivity contribution >= 4 is 10.0 Å². The van der Waals surface area contributed by atoms with Crippen LogP contribution in [0.4, 0.5) is 0 Å². The second-order valence-corrected chi connectivity index (χ2v) is 7.15. The van der Waals surface area contributed by atoms with Gasteiger partial charge in [-0.15, -0.1) is 0 Å². The van der Waals surface area contributed by atoms with Crippen LogP contribution in [0.2, 0.25) is 0 Å². The van der Waals surface area contributed by atoms with Gasteiger partial charge in [-0.2, -0.15) is 0 Å². The van der Waals surface area contributed by atoms with Crippen LogP contribution in [-0.2, 0) is 16.6 Å². The van der Waals surface area contributed by atoms with Gasteiger partial charge in [0, 0.05) is 6.54 Å². The van der Waals surface area contributed by atoms with Crippen LogP contribution in [0.25, 0.3) is 0 Å². The molecule has 18 heavy (non-hydrogen) atoms. The number of allylic oxidation sites excluding steroid dienone is 2. The van der Waals surface area contributed by atoms with Crippen LogP contribution in [0, 0.1) is 11.8 Å². The average Bonchev–Trinajstić information content (AvgIpc) is 3.00. The number of sulfonamides is 1. The number of rotatable bonds is 4. The van der Waals surface area contributed by atoms with Crippen LogP contribution < -0.4 is 4.72 Å². The van der Waals surface area contributed by atoms with Gasteiger partial charge in [0.15, 0.2) is 0 Å². The van der Waals surface area contributed by atoms with Gasteiger partial charge in [-0.05, 0) is 30.2 Å². The van der Waals surface area contributed by atoms with E-state index in [0.717, 1.165) is 18.4 Å². The molecule has 0 aliphatic heterocycles. The molecule has 4 heteroatoms. The molecular formula is C14H17NO2S. The molecular weight excluding hydrogens is 246 g/mol. The fraction of sp³-hybridized carbons (Fsp3) is 0.429. The first-order valence-corrected chi connectivity index (χ1v) is 7.90. The molecule has 0 amide bonds. The molecule has 1 saturated carbocycles. The van der Waals surface area contributed by atoms with E-state index in [0.29, 0.717) is 12.5 Å². The molecule has 96 valence electrons. The van der Waals surface area contributed by atoms with E-state index >= 15 is 0 Å². The highest BCUT2D eigenvalue weighted by Gasteiger charge is 2.42. The summed E-state index contributed by atoms with van der Waals surface area (Å²) in [5.41, 5.74) is 1.000. The summed E-state index contributed by atoms with van der Waals surface area (Å²) < 4.78 is 27.2. The maximum atomic E-state index is 12.3. The number of nitrogens with one attached hydrogen (secondary N) is 1. The lowest BCUT2D eigenvalue weighted by Gasteiger charge is -2.19. The zero-order valence-electron chi connectivity index (χ0n) is 10.1. The molecule has 0 radical (unpaired) electrons. The fourth-order valence-electron chi connectivity index (χ4n) is 2.97. The normalized spacial score (nSPS) is 29.9. The highest BCUT2D eigenvalue weighted by molar-refractivity contribution is 7.90. The van der Waals surface area contributed by atoms with Gasteiger partial charge >= 0.3 is 0 Å². The Bertz CT molecular complexity index is 550. The third kappa shape index (κ3) is 2.22. The van der Waals surface area contributed by atoms with E-state index in [9.17, 15) is 8.42 Å². The van der Waals surface area contributed by atoms with Crippen molar-refractivity contribution in [3.8, 4) is 0 Å². The van der Waals surface area contributed by atoms with Gasteiger partial charge in [0.2, 0.25) is 10.0 Å². The van der Waals surface area contributed by atoms with Gasteiger partial charge in [-0.1, -0.05) is 42.5 Å². The van der Waals surface area contributed by atoms with Crippen LogP contribution in [0.15, 0.2) is 42.5 Å². The minimum absolute atomic E-state index is 0.225. The monoisotopic (exact) mass is 263 g/mol. The van der Waals surface area contributed by atoms with Gasteiger partial charge in [0.05, 0.1) is 5.25 Å². The Balaban J connectivity index is 1.67. The quantitative estimate of drug-likeness (QED) is 0.845. The van der Waals surface area contributed by atoms with Gasteiger partial charge in [-0.25, -0.2) is 13.1 Å². The minimum Gasteiger partial charge on any atom is -0.212 e. The van der Waals surface area contributed by atoms with Crippen molar-refractivity contribution in [1.29, 1.82) is 0 Å². The van der Waals surface area contributed by atoms with Crippen molar-refractivity contribution in [2.45, 2.75) is 24.6 Å². The Hall–Kier alpha value is -1.13. The Labute approximate surface area is 108 Å². The number of benzene rings is 1. The summed E-state index contributed by atoms with van der Waals surface area (Å²) in [6, 6.07) is 9.64. The Kier molecular flexibility index (Phi) is 2.99. The predicted molar refractivity (Wildman–Crippen MR) is 71.3 cm³/mol. The molecule has 1 fully saturated rings.